The first-order valence-corrected chi connectivity index (χ1v) is 9.27. The van der Waals surface area contributed by atoms with Crippen LogP contribution in [0.5, 0.6) is 0 Å². The van der Waals surface area contributed by atoms with Gasteiger partial charge in [-0.25, -0.2) is 9.67 Å². The van der Waals surface area contributed by atoms with Crippen molar-refractivity contribution in [2.75, 3.05) is 18.5 Å². The van der Waals surface area contributed by atoms with Gasteiger partial charge in [-0.3, -0.25) is 10.1 Å². The molecule has 1 aliphatic rings. The zero-order valence-corrected chi connectivity index (χ0v) is 15.4. The summed E-state index contributed by atoms with van der Waals surface area (Å²) < 4.78 is 7.17. The number of nitrogens with zero attached hydrogens (tertiary/aromatic N) is 4. The van der Waals surface area contributed by atoms with Crippen molar-refractivity contribution < 1.29 is 9.53 Å². The number of carbonyl (C=O) groups is 1. The number of amides is 1. The van der Waals surface area contributed by atoms with E-state index in [1.54, 1.807) is 10.9 Å². The van der Waals surface area contributed by atoms with Gasteiger partial charge in [-0.15, -0.1) is 5.10 Å². The molecule has 1 atom stereocenters. The Kier molecular flexibility index (Phi) is 4.52. The third-order valence-electron chi connectivity index (χ3n) is 4.46. The Morgan fingerprint density at radius 1 is 1.31 bits per heavy atom. The molecule has 1 fully saturated rings. The third-order valence-corrected chi connectivity index (χ3v) is 5.42. The topological polar surface area (TPSA) is 81.9 Å². The molecule has 7 nitrogen and oxygen atoms in total. The Morgan fingerprint density at radius 3 is 2.85 bits per heavy atom. The number of nitrogens with one attached hydrogen (secondary N) is 1. The molecule has 1 N–H and O–H groups in total. The number of ether oxygens (including phenoxy) is 1. The average molecular weight is 369 g/mol. The molecule has 1 unspecified atom stereocenters. The molecule has 4 rings (SSSR count). The average Bonchev–Trinajstić information content (AvgIpc) is 3.36. The van der Waals surface area contributed by atoms with Gasteiger partial charge in [0.2, 0.25) is 0 Å². The summed E-state index contributed by atoms with van der Waals surface area (Å²) in [5.41, 5.74) is 3.35. The van der Waals surface area contributed by atoms with Gasteiger partial charge in [0, 0.05) is 12.8 Å². The van der Waals surface area contributed by atoms with Gasteiger partial charge in [0.25, 0.3) is 5.91 Å². The maximum atomic E-state index is 12.6. The summed E-state index contributed by atoms with van der Waals surface area (Å²) in [4.78, 5) is 17.9. The van der Waals surface area contributed by atoms with Crippen LogP contribution in [-0.2, 0) is 4.74 Å². The van der Waals surface area contributed by atoms with Crippen molar-refractivity contribution in [1.29, 1.82) is 0 Å². The zero-order valence-electron chi connectivity index (χ0n) is 14.6. The molecule has 3 heterocycles. The molecule has 1 saturated heterocycles. The Labute approximate surface area is 155 Å². The molecule has 0 radical (unpaired) electrons. The molecule has 1 amide bonds. The lowest BCUT2D eigenvalue weighted by atomic mass is 10.1. The van der Waals surface area contributed by atoms with Gasteiger partial charge in [0.1, 0.15) is 0 Å². The van der Waals surface area contributed by atoms with Crippen molar-refractivity contribution in [2.45, 2.75) is 26.3 Å². The SMILES string of the molecule is Cc1ccc(-c2cnc(NC(=O)c3nnn(C4CCOC4)c3C)s2)cc1. The number of thiazole rings is 1. The Bertz CT molecular complexity index is 925. The second-order valence-electron chi connectivity index (χ2n) is 6.34. The fraction of sp³-hybridized carbons (Fsp3) is 0.333. The van der Waals surface area contributed by atoms with Gasteiger partial charge in [-0.2, -0.15) is 0 Å². The Balaban J connectivity index is 1.49. The Morgan fingerprint density at radius 2 is 2.12 bits per heavy atom. The Hall–Kier alpha value is -2.58. The van der Waals surface area contributed by atoms with E-state index in [2.05, 4.69) is 39.7 Å². The van der Waals surface area contributed by atoms with E-state index in [-0.39, 0.29) is 11.9 Å². The van der Waals surface area contributed by atoms with Crippen molar-refractivity contribution >= 4 is 22.4 Å². The summed E-state index contributed by atoms with van der Waals surface area (Å²) in [5.74, 6) is -0.294. The van der Waals surface area contributed by atoms with Crippen molar-refractivity contribution in [2.24, 2.45) is 0 Å². The van der Waals surface area contributed by atoms with Gasteiger partial charge < -0.3 is 4.74 Å². The lowest BCUT2D eigenvalue weighted by Crippen LogP contribution is -2.15. The van der Waals surface area contributed by atoms with E-state index in [1.807, 2.05) is 19.1 Å². The van der Waals surface area contributed by atoms with Crippen LogP contribution in [0.2, 0.25) is 0 Å². The first-order valence-electron chi connectivity index (χ1n) is 8.45. The first kappa shape index (κ1) is 16.9. The number of aryl methyl sites for hydroxylation is 1. The maximum absolute atomic E-state index is 12.6. The van der Waals surface area contributed by atoms with Crippen LogP contribution in [0.1, 0.15) is 34.2 Å². The number of rotatable bonds is 4. The van der Waals surface area contributed by atoms with Crippen molar-refractivity contribution in [1.82, 2.24) is 20.0 Å². The van der Waals surface area contributed by atoms with Gasteiger partial charge in [-0.1, -0.05) is 46.4 Å². The van der Waals surface area contributed by atoms with E-state index in [4.69, 9.17) is 4.74 Å². The van der Waals surface area contributed by atoms with Crippen LogP contribution in [0, 0.1) is 13.8 Å². The van der Waals surface area contributed by atoms with E-state index in [1.165, 1.54) is 16.9 Å². The predicted molar refractivity (Wildman–Crippen MR) is 99.5 cm³/mol. The molecule has 2 aromatic heterocycles. The van der Waals surface area contributed by atoms with Crippen molar-refractivity contribution in [3.8, 4) is 10.4 Å². The van der Waals surface area contributed by atoms with E-state index < -0.39 is 0 Å². The summed E-state index contributed by atoms with van der Waals surface area (Å²) in [6.45, 7) is 5.23. The van der Waals surface area contributed by atoms with E-state index in [0.717, 1.165) is 22.6 Å². The van der Waals surface area contributed by atoms with Crippen LogP contribution in [0.25, 0.3) is 10.4 Å². The summed E-state index contributed by atoms with van der Waals surface area (Å²) in [6, 6.07) is 8.36. The molecule has 0 saturated carbocycles. The van der Waals surface area contributed by atoms with Crippen LogP contribution in [0.15, 0.2) is 30.5 Å². The highest BCUT2D eigenvalue weighted by atomic mass is 32.1. The molecular weight excluding hydrogens is 350 g/mol. The van der Waals surface area contributed by atoms with Crippen molar-refractivity contribution in [3.05, 3.63) is 47.4 Å². The highest BCUT2D eigenvalue weighted by Crippen LogP contribution is 2.29. The minimum absolute atomic E-state index is 0.150. The van der Waals surface area contributed by atoms with Crippen LogP contribution < -0.4 is 5.32 Å². The van der Waals surface area contributed by atoms with Crippen molar-refractivity contribution in [3.63, 3.8) is 0 Å². The van der Waals surface area contributed by atoms with E-state index >= 15 is 0 Å². The molecule has 8 heteroatoms. The highest BCUT2D eigenvalue weighted by molar-refractivity contribution is 7.19. The van der Waals surface area contributed by atoms with Gasteiger partial charge in [0.05, 0.1) is 23.2 Å². The fourth-order valence-corrected chi connectivity index (χ4v) is 3.77. The summed E-state index contributed by atoms with van der Waals surface area (Å²) in [5, 5.41) is 11.6. The second-order valence-corrected chi connectivity index (χ2v) is 7.37. The highest BCUT2D eigenvalue weighted by Gasteiger charge is 2.24. The minimum Gasteiger partial charge on any atom is -0.379 e. The summed E-state index contributed by atoms with van der Waals surface area (Å²) >= 11 is 1.43. The molecule has 26 heavy (non-hydrogen) atoms. The monoisotopic (exact) mass is 369 g/mol. The van der Waals surface area contributed by atoms with Gasteiger partial charge in [0.15, 0.2) is 10.8 Å². The molecule has 3 aromatic rings. The third kappa shape index (κ3) is 3.25. The lowest BCUT2D eigenvalue weighted by molar-refractivity contribution is 0.102. The van der Waals surface area contributed by atoms with E-state index in [9.17, 15) is 4.79 Å². The quantitative estimate of drug-likeness (QED) is 0.763. The normalized spacial score (nSPS) is 16.8. The maximum Gasteiger partial charge on any atom is 0.279 e. The predicted octanol–water partition coefficient (Wildman–Crippen LogP) is 3.23. The van der Waals surface area contributed by atoms with E-state index in [0.29, 0.717) is 24.0 Å². The van der Waals surface area contributed by atoms with Gasteiger partial charge in [-0.05, 0) is 25.8 Å². The number of hydrogen-bond donors (Lipinski definition) is 1. The lowest BCUT2D eigenvalue weighted by Gasteiger charge is -2.09. The van der Waals surface area contributed by atoms with Crippen LogP contribution in [0.3, 0.4) is 0 Å². The molecule has 0 spiro atoms. The molecule has 0 bridgehead atoms. The smallest absolute Gasteiger partial charge is 0.279 e. The first-order chi connectivity index (χ1) is 12.6. The minimum atomic E-state index is -0.294. The molecule has 134 valence electrons. The molecule has 1 aromatic carbocycles. The number of anilines is 1. The van der Waals surface area contributed by atoms with Crippen LogP contribution in [0.4, 0.5) is 5.13 Å². The second kappa shape index (κ2) is 6.97. The number of hydrogen-bond acceptors (Lipinski definition) is 6. The number of benzene rings is 1. The zero-order chi connectivity index (χ0) is 18.1. The number of carbonyl (C=O) groups excluding carboxylic acids is 1. The summed E-state index contributed by atoms with van der Waals surface area (Å²) in [6.07, 6.45) is 2.65. The van der Waals surface area contributed by atoms with Gasteiger partial charge >= 0.3 is 0 Å². The van der Waals surface area contributed by atoms with Crippen LogP contribution in [-0.4, -0.2) is 39.1 Å². The number of aromatic nitrogens is 4. The molecule has 1 aliphatic heterocycles. The fourth-order valence-electron chi connectivity index (χ4n) is 2.95. The standard InChI is InChI=1S/C18H19N5O2S/c1-11-3-5-13(6-4-11)15-9-19-18(26-15)20-17(24)16-12(2)23(22-21-16)14-7-8-25-10-14/h3-6,9,14H,7-8,10H2,1-2H3,(H,19,20,24). The molecular formula is C18H19N5O2S. The summed E-state index contributed by atoms with van der Waals surface area (Å²) in [7, 11) is 0. The van der Waals surface area contributed by atoms with Crippen LogP contribution >= 0.6 is 11.3 Å². The molecule has 0 aliphatic carbocycles. The largest absolute Gasteiger partial charge is 0.379 e.